The van der Waals surface area contributed by atoms with Crippen molar-refractivity contribution in [1.82, 2.24) is 15.0 Å². The van der Waals surface area contributed by atoms with Gasteiger partial charge in [-0.05, 0) is 18.6 Å². The minimum absolute atomic E-state index is 0.246. The van der Waals surface area contributed by atoms with Gasteiger partial charge in [-0.1, -0.05) is 6.92 Å². The van der Waals surface area contributed by atoms with Gasteiger partial charge in [-0.25, -0.2) is 5.84 Å². The maximum atomic E-state index is 5.42. The topological polar surface area (TPSA) is 102 Å². The number of hydrogen-bond donors (Lipinski definition) is 2. The Morgan fingerprint density at radius 1 is 1.40 bits per heavy atom. The van der Waals surface area contributed by atoms with Crippen molar-refractivity contribution < 1.29 is 9.15 Å². The fraction of sp³-hybridized carbons (Fsp3) is 0.417. The summed E-state index contributed by atoms with van der Waals surface area (Å²) in [7, 11) is 1.85. The predicted molar refractivity (Wildman–Crippen MR) is 74.2 cm³/mol. The van der Waals surface area contributed by atoms with Crippen LogP contribution >= 0.6 is 0 Å². The van der Waals surface area contributed by atoms with Crippen molar-refractivity contribution in [3.63, 3.8) is 0 Å². The summed E-state index contributed by atoms with van der Waals surface area (Å²) in [5.41, 5.74) is 2.41. The molecule has 0 atom stereocenters. The summed E-state index contributed by atoms with van der Waals surface area (Å²) in [5, 5.41) is 0. The lowest BCUT2D eigenvalue weighted by Crippen LogP contribution is -2.21. The summed E-state index contributed by atoms with van der Waals surface area (Å²) in [6, 6.07) is 3.96. The Labute approximate surface area is 116 Å². The highest BCUT2D eigenvalue weighted by Gasteiger charge is 2.12. The zero-order valence-corrected chi connectivity index (χ0v) is 11.5. The molecule has 0 aliphatic carbocycles. The summed E-state index contributed by atoms with van der Waals surface area (Å²) in [6.07, 6.45) is 2.49. The van der Waals surface area contributed by atoms with Crippen LogP contribution in [0.3, 0.4) is 0 Å². The van der Waals surface area contributed by atoms with Gasteiger partial charge in [-0.15, -0.1) is 0 Å². The van der Waals surface area contributed by atoms with Crippen molar-refractivity contribution in [2.75, 3.05) is 24.0 Å². The van der Waals surface area contributed by atoms with Gasteiger partial charge in [0.15, 0.2) is 0 Å². The summed E-state index contributed by atoms with van der Waals surface area (Å²) in [6.45, 7) is 3.08. The fourth-order valence-electron chi connectivity index (χ4n) is 1.55. The lowest BCUT2D eigenvalue weighted by Gasteiger charge is -2.16. The quantitative estimate of drug-likeness (QED) is 0.575. The van der Waals surface area contributed by atoms with E-state index in [1.54, 1.807) is 6.26 Å². The molecular weight excluding hydrogens is 260 g/mol. The first-order chi connectivity index (χ1) is 9.72. The van der Waals surface area contributed by atoms with Crippen LogP contribution in [0.25, 0.3) is 0 Å². The highest BCUT2D eigenvalue weighted by atomic mass is 16.5. The monoisotopic (exact) mass is 278 g/mol. The fourth-order valence-corrected chi connectivity index (χ4v) is 1.55. The van der Waals surface area contributed by atoms with Crippen LogP contribution in [0.15, 0.2) is 22.8 Å². The second-order valence-corrected chi connectivity index (χ2v) is 4.17. The largest absolute Gasteiger partial charge is 0.467 e. The Bertz CT molecular complexity index is 531. The molecule has 0 saturated heterocycles. The number of nitrogens with zero attached hydrogens (tertiary/aromatic N) is 4. The van der Waals surface area contributed by atoms with Gasteiger partial charge in [0, 0.05) is 7.05 Å². The molecule has 2 heterocycles. The summed E-state index contributed by atoms with van der Waals surface area (Å²) < 4.78 is 10.7. The van der Waals surface area contributed by atoms with Crippen LogP contribution in [-0.2, 0) is 6.54 Å². The molecule has 0 aromatic carbocycles. The van der Waals surface area contributed by atoms with Crippen LogP contribution in [0.1, 0.15) is 19.1 Å². The number of rotatable bonds is 7. The predicted octanol–water partition coefficient (Wildman–Crippen LogP) is 1.18. The molecule has 20 heavy (non-hydrogen) atoms. The molecule has 2 rings (SSSR count). The summed E-state index contributed by atoms with van der Waals surface area (Å²) in [5.74, 6) is 6.88. The average Bonchev–Trinajstić information content (AvgIpc) is 2.97. The minimum atomic E-state index is 0.246. The zero-order chi connectivity index (χ0) is 14.4. The van der Waals surface area contributed by atoms with E-state index in [1.165, 1.54) is 0 Å². The Balaban J connectivity index is 2.16. The molecule has 8 nitrogen and oxygen atoms in total. The van der Waals surface area contributed by atoms with Crippen LogP contribution in [0, 0.1) is 0 Å². The molecule has 0 spiro atoms. The van der Waals surface area contributed by atoms with E-state index >= 15 is 0 Å². The standard InChI is InChI=1S/C12H18N6O2/c1-3-6-20-12-15-10(17-13)14-11(16-12)18(2)8-9-5-4-7-19-9/h4-5,7H,3,6,8,13H2,1-2H3,(H,14,15,16,17). The second kappa shape index (κ2) is 6.71. The molecule has 8 heteroatoms. The molecule has 0 bridgehead atoms. The molecular formula is C12H18N6O2. The Morgan fingerprint density at radius 3 is 2.90 bits per heavy atom. The molecule has 0 unspecified atom stereocenters. The third-order valence-electron chi connectivity index (χ3n) is 2.48. The molecule has 2 aromatic rings. The molecule has 0 amide bonds. The van der Waals surface area contributed by atoms with E-state index in [2.05, 4.69) is 20.4 Å². The number of nitrogens with two attached hydrogens (primary N) is 1. The van der Waals surface area contributed by atoms with Crippen LogP contribution < -0.4 is 20.9 Å². The van der Waals surface area contributed by atoms with E-state index in [-0.39, 0.29) is 12.0 Å². The van der Waals surface area contributed by atoms with Crippen molar-refractivity contribution in [2.45, 2.75) is 19.9 Å². The highest BCUT2D eigenvalue weighted by molar-refractivity contribution is 5.37. The average molecular weight is 278 g/mol. The zero-order valence-electron chi connectivity index (χ0n) is 11.5. The van der Waals surface area contributed by atoms with Crippen LogP contribution in [0.2, 0.25) is 0 Å². The smallest absolute Gasteiger partial charge is 0.323 e. The number of nitrogen functional groups attached to an aromatic ring is 1. The van der Waals surface area contributed by atoms with E-state index in [4.69, 9.17) is 15.0 Å². The van der Waals surface area contributed by atoms with Gasteiger partial charge in [0.25, 0.3) is 0 Å². The van der Waals surface area contributed by atoms with Crippen LogP contribution in [0.5, 0.6) is 6.01 Å². The SMILES string of the molecule is CCCOc1nc(NN)nc(N(C)Cc2ccco2)n1. The Kier molecular flexibility index (Phi) is 4.72. The van der Waals surface area contributed by atoms with Gasteiger partial charge in [-0.2, -0.15) is 15.0 Å². The lowest BCUT2D eigenvalue weighted by molar-refractivity contribution is 0.292. The van der Waals surface area contributed by atoms with Crippen LogP contribution in [-0.4, -0.2) is 28.6 Å². The van der Waals surface area contributed by atoms with Crippen molar-refractivity contribution in [3.05, 3.63) is 24.2 Å². The first kappa shape index (κ1) is 14.1. The Morgan fingerprint density at radius 2 is 2.25 bits per heavy atom. The number of nitrogens with one attached hydrogen (secondary N) is 1. The minimum Gasteiger partial charge on any atom is -0.467 e. The van der Waals surface area contributed by atoms with Gasteiger partial charge in [0.05, 0.1) is 19.4 Å². The number of ether oxygens (including phenoxy) is 1. The third kappa shape index (κ3) is 3.58. The first-order valence-electron chi connectivity index (χ1n) is 6.32. The van der Waals surface area contributed by atoms with Gasteiger partial charge in [-0.3, -0.25) is 5.43 Å². The lowest BCUT2D eigenvalue weighted by atomic mass is 10.4. The maximum absolute atomic E-state index is 5.42. The molecule has 0 fully saturated rings. The van der Waals surface area contributed by atoms with E-state index < -0.39 is 0 Å². The molecule has 0 aliphatic heterocycles. The van der Waals surface area contributed by atoms with E-state index in [9.17, 15) is 0 Å². The van der Waals surface area contributed by atoms with Crippen molar-refractivity contribution >= 4 is 11.9 Å². The number of furan rings is 1. The van der Waals surface area contributed by atoms with Crippen LogP contribution in [0.4, 0.5) is 11.9 Å². The second-order valence-electron chi connectivity index (χ2n) is 4.17. The van der Waals surface area contributed by atoms with Crippen molar-refractivity contribution in [3.8, 4) is 6.01 Å². The summed E-state index contributed by atoms with van der Waals surface area (Å²) >= 11 is 0. The molecule has 0 aliphatic rings. The summed E-state index contributed by atoms with van der Waals surface area (Å²) in [4.78, 5) is 14.3. The van der Waals surface area contributed by atoms with E-state index in [0.717, 1.165) is 12.2 Å². The van der Waals surface area contributed by atoms with Gasteiger partial charge >= 0.3 is 6.01 Å². The van der Waals surface area contributed by atoms with Gasteiger partial charge < -0.3 is 14.1 Å². The number of hydrazine groups is 1. The molecule has 2 aromatic heterocycles. The number of aromatic nitrogens is 3. The molecule has 3 N–H and O–H groups in total. The number of anilines is 2. The third-order valence-corrected chi connectivity index (χ3v) is 2.48. The normalized spacial score (nSPS) is 10.3. The van der Waals surface area contributed by atoms with Gasteiger partial charge in [0.2, 0.25) is 11.9 Å². The first-order valence-corrected chi connectivity index (χ1v) is 6.32. The molecule has 0 saturated carbocycles. The molecule has 108 valence electrons. The van der Waals surface area contributed by atoms with E-state index in [1.807, 2.05) is 31.0 Å². The molecule has 0 radical (unpaired) electrons. The highest BCUT2D eigenvalue weighted by Crippen LogP contribution is 2.16. The van der Waals surface area contributed by atoms with Gasteiger partial charge in [0.1, 0.15) is 5.76 Å². The maximum Gasteiger partial charge on any atom is 0.323 e. The van der Waals surface area contributed by atoms with Crippen molar-refractivity contribution in [1.29, 1.82) is 0 Å². The van der Waals surface area contributed by atoms with E-state index in [0.29, 0.717) is 19.1 Å². The Hall–Kier alpha value is -2.35. The van der Waals surface area contributed by atoms with Crippen molar-refractivity contribution in [2.24, 2.45) is 5.84 Å². The number of hydrogen-bond acceptors (Lipinski definition) is 8.